The summed E-state index contributed by atoms with van der Waals surface area (Å²) in [6.45, 7) is 7.83. The lowest BCUT2D eigenvalue weighted by atomic mass is 9.98. The normalized spacial score (nSPS) is 16.0. The molecule has 1 saturated heterocycles. The fourth-order valence-electron chi connectivity index (χ4n) is 2.36. The topological polar surface area (TPSA) is 55.8 Å². The minimum atomic E-state index is -0.429. The van der Waals surface area contributed by atoms with Gasteiger partial charge in [0.1, 0.15) is 5.60 Å². The van der Waals surface area contributed by atoms with Gasteiger partial charge in [-0.2, -0.15) is 0 Å². The first-order valence-electron chi connectivity index (χ1n) is 7.41. The molecule has 5 heteroatoms. The van der Waals surface area contributed by atoms with Crippen molar-refractivity contribution in [2.45, 2.75) is 32.9 Å². The van der Waals surface area contributed by atoms with Crippen molar-refractivity contribution >= 4 is 11.9 Å². The SMILES string of the molecule is COC(=O)c1ccc(CN2CC(C(=O)OC(C)(C)C)C2)cc1. The maximum Gasteiger partial charge on any atom is 0.337 e. The first-order valence-corrected chi connectivity index (χ1v) is 7.41. The molecule has 1 aliphatic heterocycles. The second-order valence-electron chi connectivity index (χ2n) is 6.61. The molecule has 1 heterocycles. The highest BCUT2D eigenvalue weighted by molar-refractivity contribution is 5.89. The lowest BCUT2D eigenvalue weighted by Gasteiger charge is -2.38. The number of esters is 2. The Hall–Kier alpha value is -1.88. The number of carbonyl (C=O) groups is 2. The lowest BCUT2D eigenvalue weighted by Crippen LogP contribution is -2.51. The van der Waals surface area contributed by atoms with E-state index in [1.807, 2.05) is 32.9 Å². The summed E-state index contributed by atoms with van der Waals surface area (Å²) >= 11 is 0. The maximum atomic E-state index is 11.9. The van der Waals surface area contributed by atoms with E-state index in [0.29, 0.717) is 18.7 Å². The van der Waals surface area contributed by atoms with Crippen molar-refractivity contribution in [1.82, 2.24) is 4.90 Å². The molecule has 0 aliphatic carbocycles. The van der Waals surface area contributed by atoms with Crippen LogP contribution in [0.2, 0.25) is 0 Å². The zero-order valence-corrected chi connectivity index (χ0v) is 13.6. The highest BCUT2D eigenvalue weighted by atomic mass is 16.6. The van der Waals surface area contributed by atoms with Gasteiger partial charge in [-0.15, -0.1) is 0 Å². The smallest absolute Gasteiger partial charge is 0.337 e. The Morgan fingerprint density at radius 1 is 1.18 bits per heavy atom. The van der Waals surface area contributed by atoms with E-state index in [1.54, 1.807) is 12.1 Å². The van der Waals surface area contributed by atoms with Crippen LogP contribution in [0.15, 0.2) is 24.3 Å². The van der Waals surface area contributed by atoms with Crippen molar-refractivity contribution in [2.75, 3.05) is 20.2 Å². The molecule has 120 valence electrons. The van der Waals surface area contributed by atoms with Crippen LogP contribution in [0.25, 0.3) is 0 Å². The van der Waals surface area contributed by atoms with Gasteiger partial charge in [-0.3, -0.25) is 9.69 Å². The van der Waals surface area contributed by atoms with Gasteiger partial charge in [-0.25, -0.2) is 4.79 Å². The predicted octanol–water partition coefficient (Wildman–Crippen LogP) is 2.25. The third-order valence-electron chi connectivity index (χ3n) is 3.48. The Morgan fingerprint density at radius 2 is 1.77 bits per heavy atom. The van der Waals surface area contributed by atoms with Crippen LogP contribution < -0.4 is 0 Å². The fraction of sp³-hybridized carbons (Fsp3) is 0.529. The van der Waals surface area contributed by atoms with E-state index in [1.165, 1.54) is 7.11 Å². The molecule has 0 unspecified atom stereocenters. The largest absolute Gasteiger partial charge is 0.465 e. The average molecular weight is 305 g/mol. The van der Waals surface area contributed by atoms with Crippen LogP contribution in [0.5, 0.6) is 0 Å². The van der Waals surface area contributed by atoms with Crippen LogP contribution in [0.4, 0.5) is 0 Å². The fourth-order valence-corrected chi connectivity index (χ4v) is 2.36. The Morgan fingerprint density at radius 3 is 2.27 bits per heavy atom. The van der Waals surface area contributed by atoms with E-state index < -0.39 is 5.60 Å². The summed E-state index contributed by atoms with van der Waals surface area (Å²) in [5, 5.41) is 0. The van der Waals surface area contributed by atoms with Gasteiger partial charge in [0.15, 0.2) is 0 Å². The van der Waals surface area contributed by atoms with Crippen molar-refractivity contribution in [3.63, 3.8) is 0 Å². The highest BCUT2D eigenvalue weighted by Gasteiger charge is 2.35. The number of rotatable bonds is 4. The number of nitrogens with zero attached hydrogens (tertiary/aromatic N) is 1. The Kier molecular flexibility index (Phi) is 4.86. The number of hydrogen-bond acceptors (Lipinski definition) is 5. The van der Waals surface area contributed by atoms with Crippen molar-refractivity contribution in [3.05, 3.63) is 35.4 Å². The Labute approximate surface area is 131 Å². The monoisotopic (exact) mass is 305 g/mol. The molecule has 0 amide bonds. The van der Waals surface area contributed by atoms with Gasteiger partial charge >= 0.3 is 11.9 Å². The molecular formula is C17H23NO4. The molecule has 0 spiro atoms. The average Bonchev–Trinajstić information content (AvgIpc) is 2.40. The summed E-state index contributed by atoms with van der Waals surface area (Å²) in [6, 6.07) is 7.33. The minimum Gasteiger partial charge on any atom is -0.465 e. The van der Waals surface area contributed by atoms with Gasteiger partial charge in [0, 0.05) is 19.6 Å². The van der Waals surface area contributed by atoms with E-state index in [-0.39, 0.29) is 17.9 Å². The summed E-state index contributed by atoms with van der Waals surface area (Å²) < 4.78 is 10.0. The summed E-state index contributed by atoms with van der Waals surface area (Å²) in [6.07, 6.45) is 0. The van der Waals surface area contributed by atoms with Crippen molar-refractivity contribution < 1.29 is 19.1 Å². The van der Waals surface area contributed by atoms with E-state index >= 15 is 0 Å². The highest BCUT2D eigenvalue weighted by Crippen LogP contribution is 2.22. The molecule has 0 bridgehead atoms. The van der Waals surface area contributed by atoms with Crippen LogP contribution in [-0.4, -0.2) is 42.6 Å². The molecule has 1 aromatic carbocycles. The molecule has 22 heavy (non-hydrogen) atoms. The zero-order chi connectivity index (χ0) is 16.3. The predicted molar refractivity (Wildman–Crippen MR) is 82.4 cm³/mol. The van der Waals surface area contributed by atoms with Gasteiger partial charge in [0.2, 0.25) is 0 Å². The van der Waals surface area contributed by atoms with Crippen molar-refractivity contribution in [2.24, 2.45) is 5.92 Å². The second kappa shape index (κ2) is 6.48. The summed E-state index contributed by atoms with van der Waals surface area (Å²) in [7, 11) is 1.37. The minimum absolute atomic E-state index is 0.0337. The Bertz CT molecular complexity index is 539. The van der Waals surface area contributed by atoms with E-state index in [4.69, 9.17) is 4.74 Å². The van der Waals surface area contributed by atoms with E-state index in [9.17, 15) is 9.59 Å². The van der Waals surface area contributed by atoms with Crippen LogP contribution in [0.3, 0.4) is 0 Å². The molecular weight excluding hydrogens is 282 g/mol. The summed E-state index contributed by atoms with van der Waals surface area (Å²) in [5.74, 6) is -0.487. The van der Waals surface area contributed by atoms with Crippen molar-refractivity contribution in [3.8, 4) is 0 Å². The number of carbonyl (C=O) groups excluding carboxylic acids is 2. The third-order valence-corrected chi connectivity index (χ3v) is 3.48. The molecule has 0 atom stereocenters. The number of ether oxygens (including phenoxy) is 2. The maximum absolute atomic E-state index is 11.9. The molecule has 0 radical (unpaired) electrons. The number of hydrogen-bond donors (Lipinski definition) is 0. The number of methoxy groups -OCH3 is 1. The molecule has 0 N–H and O–H groups in total. The number of benzene rings is 1. The molecule has 0 aromatic heterocycles. The summed E-state index contributed by atoms with van der Waals surface area (Å²) in [5.41, 5.74) is 1.22. The quantitative estimate of drug-likeness (QED) is 0.799. The van der Waals surface area contributed by atoms with Crippen LogP contribution in [-0.2, 0) is 20.8 Å². The molecule has 2 rings (SSSR count). The molecule has 0 saturated carbocycles. The van der Waals surface area contributed by atoms with Gasteiger partial charge in [-0.05, 0) is 38.5 Å². The molecule has 1 aromatic rings. The molecule has 1 fully saturated rings. The van der Waals surface area contributed by atoms with Crippen LogP contribution >= 0.6 is 0 Å². The van der Waals surface area contributed by atoms with E-state index in [0.717, 1.165) is 12.1 Å². The van der Waals surface area contributed by atoms with Crippen molar-refractivity contribution in [1.29, 1.82) is 0 Å². The van der Waals surface area contributed by atoms with Gasteiger partial charge in [0.05, 0.1) is 18.6 Å². The summed E-state index contributed by atoms with van der Waals surface area (Å²) in [4.78, 5) is 25.4. The molecule has 5 nitrogen and oxygen atoms in total. The number of likely N-dealkylation sites (tertiary alicyclic amines) is 1. The second-order valence-corrected chi connectivity index (χ2v) is 6.61. The first kappa shape index (κ1) is 16.5. The Balaban J connectivity index is 1.80. The van der Waals surface area contributed by atoms with Gasteiger partial charge in [0.25, 0.3) is 0 Å². The van der Waals surface area contributed by atoms with Gasteiger partial charge in [-0.1, -0.05) is 12.1 Å². The van der Waals surface area contributed by atoms with Crippen LogP contribution in [0.1, 0.15) is 36.7 Å². The first-order chi connectivity index (χ1) is 10.3. The van der Waals surface area contributed by atoms with Crippen LogP contribution in [0, 0.1) is 5.92 Å². The molecule has 1 aliphatic rings. The van der Waals surface area contributed by atoms with Gasteiger partial charge < -0.3 is 9.47 Å². The van der Waals surface area contributed by atoms with E-state index in [2.05, 4.69) is 9.64 Å². The zero-order valence-electron chi connectivity index (χ0n) is 13.6. The standard InChI is InChI=1S/C17H23NO4/c1-17(2,3)22-16(20)14-10-18(11-14)9-12-5-7-13(8-6-12)15(19)21-4/h5-8,14H,9-11H2,1-4H3. The lowest BCUT2D eigenvalue weighted by molar-refractivity contribution is -0.166. The third kappa shape index (κ3) is 4.31.